The van der Waals surface area contributed by atoms with Gasteiger partial charge in [-0.2, -0.15) is 0 Å². The number of unbranched alkanes of at least 4 members (excludes halogenated alkanes) is 9. The number of methoxy groups -OCH3 is 1. The van der Waals surface area contributed by atoms with E-state index < -0.39 is 30.7 Å². The number of ether oxygens (including phenoxy) is 3. The Kier molecular flexibility index (Phi) is 12.7. The Morgan fingerprint density at radius 1 is 0.760 bits per heavy atom. The molecule has 1 rings (SSSR count). The van der Waals surface area contributed by atoms with Gasteiger partial charge in [0.2, 0.25) is 0 Å². The van der Waals surface area contributed by atoms with E-state index in [-0.39, 0.29) is 6.61 Å². The molecule has 6 nitrogen and oxygen atoms in total. The molecule has 0 unspecified atom stereocenters. The van der Waals surface area contributed by atoms with Crippen LogP contribution in [0.1, 0.15) is 71.1 Å². The summed E-state index contributed by atoms with van der Waals surface area (Å²) < 4.78 is 15.9. The van der Waals surface area contributed by atoms with Crippen molar-refractivity contribution in [2.24, 2.45) is 0 Å². The minimum Gasteiger partial charge on any atom is -0.387 e. The summed E-state index contributed by atoms with van der Waals surface area (Å²) in [7, 11) is 1.39. The van der Waals surface area contributed by atoms with Crippen LogP contribution in [0.25, 0.3) is 0 Å². The second kappa shape index (κ2) is 13.9. The number of rotatable bonds is 14. The van der Waals surface area contributed by atoms with Crippen molar-refractivity contribution in [1.29, 1.82) is 0 Å². The van der Waals surface area contributed by atoms with Crippen molar-refractivity contribution in [3.05, 3.63) is 0 Å². The maximum Gasteiger partial charge on any atom is 0.186 e. The summed E-state index contributed by atoms with van der Waals surface area (Å²) in [6.07, 6.45) is 7.38. The third kappa shape index (κ3) is 8.80. The van der Waals surface area contributed by atoms with E-state index in [4.69, 9.17) is 14.2 Å². The summed E-state index contributed by atoms with van der Waals surface area (Å²) in [6, 6.07) is 0. The molecule has 3 N–H and O–H groups in total. The first-order chi connectivity index (χ1) is 12.1. The molecule has 5 atom stereocenters. The largest absolute Gasteiger partial charge is 0.387 e. The van der Waals surface area contributed by atoms with Crippen LogP contribution in [0.5, 0.6) is 0 Å². The van der Waals surface area contributed by atoms with Crippen LogP contribution in [0.4, 0.5) is 0 Å². The van der Waals surface area contributed by atoms with E-state index in [1.54, 1.807) is 0 Å². The zero-order chi connectivity index (χ0) is 18.5. The van der Waals surface area contributed by atoms with Crippen LogP contribution in [0.2, 0.25) is 0 Å². The smallest absolute Gasteiger partial charge is 0.186 e. The molecule has 25 heavy (non-hydrogen) atoms. The highest BCUT2D eigenvalue weighted by Crippen LogP contribution is 2.22. The van der Waals surface area contributed by atoms with Crippen LogP contribution < -0.4 is 0 Å². The van der Waals surface area contributed by atoms with Gasteiger partial charge >= 0.3 is 0 Å². The van der Waals surface area contributed by atoms with Gasteiger partial charge in [0.05, 0.1) is 6.61 Å². The van der Waals surface area contributed by atoms with Crippen molar-refractivity contribution in [3.63, 3.8) is 0 Å². The van der Waals surface area contributed by atoms with Gasteiger partial charge in [-0.1, -0.05) is 64.7 Å². The van der Waals surface area contributed by atoms with Crippen LogP contribution in [-0.4, -0.2) is 66.3 Å². The first-order valence-electron chi connectivity index (χ1n) is 9.92. The van der Waals surface area contributed by atoms with Gasteiger partial charge in [0.1, 0.15) is 24.4 Å². The minimum atomic E-state index is -1.29. The highest BCUT2D eigenvalue weighted by atomic mass is 16.7. The molecule has 0 bridgehead atoms. The summed E-state index contributed by atoms with van der Waals surface area (Å²) in [4.78, 5) is 0. The van der Waals surface area contributed by atoms with E-state index in [9.17, 15) is 15.3 Å². The average Bonchev–Trinajstić information content (AvgIpc) is 2.62. The third-order valence-corrected chi connectivity index (χ3v) is 4.83. The third-order valence-electron chi connectivity index (χ3n) is 4.83. The lowest BCUT2D eigenvalue weighted by atomic mass is 9.99. The van der Waals surface area contributed by atoms with E-state index >= 15 is 0 Å². The molecule has 1 aliphatic heterocycles. The number of aliphatic hydroxyl groups excluding tert-OH is 3. The first kappa shape index (κ1) is 22.8. The van der Waals surface area contributed by atoms with Crippen LogP contribution in [-0.2, 0) is 14.2 Å². The van der Waals surface area contributed by atoms with Gasteiger partial charge < -0.3 is 29.5 Å². The normalized spacial score (nSPS) is 29.9. The number of aliphatic hydroxyl groups is 3. The van der Waals surface area contributed by atoms with Crippen LogP contribution in [0.15, 0.2) is 0 Å². The Morgan fingerprint density at radius 3 is 1.88 bits per heavy atom. The molecule has 150 valence electrons. The maximum absolute atomic E-state index is 9.93. The van der Waals surface area contributed by atoms with Crippen molar-refractivity contribution in [2.75, 3.05) is 20.3 Å². The summed E-state index contributed by atoms with van der Waals surface area (Å²) >= 11 is 0. The highest BCUT2D eigenvalue weighted by Gasteiger charge is 2.43. The molecule has 0 radical (unpaired) electrons. The minimum absolute atomic E-state index is 0.183. The summed E-state index contributed by atoms with van der Waals surface area (Å²) in [5.41, 5.74) is 0. The lowest BCUT2D eigenvalue weighted by molar-refractivity contribution is -0.296. The van der Waals surface area contributed by atoms with Gasteiger partial charge in [0.25, 0.3) is 0 Å². The molecule has 0 aromatic heterocycles. The average molecular weight is 363 g/mol. The Bertz CT molecular complexity index is 312. The Balaban J connectivity index is 1.99. The highest BCUT2D eigenvalue weighted by molar-refractivity contribution is 4.88. The molecule has 1 heterocycles. The van der Waals surface area contributed by atoms with E-state index in [1.807, 2.05) is 0 Å². The summed E-state index contributed by atoms with van der Waals surface area (Å²) in [5.74, 6) is 0. The molecule has 1 fully saturated rings. The van der Waals surface area contributed by atoms with Crippen LogP contribution in [0.3, 0.4) is 0 Å². The predicted molar refractivity (Wildman–Crippen MR) is 96.4 cm³/mol. The number of hydrogen-bond donors (Lipinski definition) is 3. The van der Waals surface area contributed by atoms with Crippen LogP contribution in [0, 0.1) is 0 Å². The molecular weight excluding hydrogens is 324 g/mol. The fourth-order valence-corrected chi connectivity index (χ4v) is 3.14. The molecule has 0 aromatic carbocycles. The second-order valence-corrected chi connectivity index (χ2v) is 7.01. The zero-order valence-corrected chi connectivity index (χ0v) is 15.9. The Morgan fingerprint density at radius 2 is 1.32 bits per heavy atom. The maximum atomic E-state index is 9.93. The van der Waals surface area contributed by atoms with E-state index in [0.29, 0.717) is 6.61 Å². The lowest BCUT2D eigenvalue weighted by Crippen LogP contribution is -2.59. The van der Waals surface area contributed by atoms with Crippen molar-refractivity contribution < 1.29 is 29.5 Å². The SMILES string of the molecule is CCCCCCCCCCCCOC[C@H]1O[C@H](OC)[C@@H](O)[C@@H](O)[C@@H]1O. The van der Waals surface area contributed by atoms with Crippen LogP contribution >= 0.6 is 0 Å². The van der Waals surface area contributed by atoms with Gasteiger partial charge in [0.15, 0.2) is 6.29 Å². The quantitative estimate of drug-likeness (QED) is 0.411. The Hall–Kier alpha value is -0.240. The van der Waals surface area contributed by atoms with Gasteiger partial charge in [-0.25, -0.2) is 0 Å². The molecule has 0 spiro atoms. The number of hydrogen-bond acceptors (Lipinski definition) is 6. The molecule has 0 amide bonds. The summed E-state index contributed by atoms with van der Waals surface area (Å²) in [6.45, 7) is 3.03. The molecule has 0 aromatic rings. The topological polar surface area (TPSA) is 88.4 Å². The Labute approximate surface area is 152 Å². The summed E-state index contributed by atoms with van der Waals surface area (Å²) in [5, 5.41) is 29.4. The lowest BCUT2D eigenvalue weighted by Gasteiger charge is -2.39. The molecule has 1 aliphatic rings. The van der Waals surface area contributed by atoms with Crippen molar-refractivity contribution in [1.82, 2.24) is 0 Å². The molecule has 6 heteroatoms. The van der Waals surface area contributed by atoms with Gasteiger partial charge in [-0.15, -0.1) is 0 Å². The molecule has 0 saturated carbocycles. The first-order valence-corrected chi connectivity index (χ1v) is 9.92. The predicted octanol–water partition coefficient (Wildman–Crippen LogP) is 2.38. The van der Waals surface area contributed by atoms with Crippen molar-refractivity contribution in [2.45, 2.75) is 102 Å². The second-order valence-electron chi connectivity index (χ2n) is 7.01. The van der Waals surface area contributed by atoms with E-state index in [2.05, 4.69) is 6.92 Å². The fraction of sp³-hybridized carbons (Fsp3) is 1.00. The van der Waals surface area contributed by atoms with Gasteiger partial charge in [-0.3, -0.25) is 0 Å². The van der Waals surface area contributed by atoms with Crippen molar-refractivity contribution in [3.8, 4) is 0 Å². The molecule has 0 aliphatic carbocycles. The molecular formula is C19H38O6. The van der Waals surface area contributed by atoms with E-state index in [1.165, 1.54) is 58.5 Å². The van der Waals surface area contributed by atoms with Crippen molar-refractivity contribution >= 4 is 0 Å². The standard InChI is InChI=1S/C19H38O6/c1-3-4-5-6-7-8-9-10-11-12-13-24-14-15-16(20)17(21)18(22)19(23-2)25-15/h15-22H,3-14H2,1-2H3/t15-,16-,17+,18+,19+/m1/s1. The van der Waals surface area contributed by atoms with E-state index in [0.717, 1.165) is 12.8 Å². The van der Waals surface area contributed by atoms with Gasteiger partial charge in [0, 0.05) is 13.7 Å². The fourth-order valence-electron chi connectivity index (χ4n) is 3.14. The zero-order valence-electron chi connectivity index (χ0n) is 15.9. The van der Waals surface area contributed by atoms with Gasteiger partial charge in [-0.05, 0) is 6.42 Å². The monoisotopic (exact) mass is 362 g/mol. The molecule has 1 saturated heterocycles.